The summed E-state index contributed by atoms with van der Waals surface area (Å²) in [6.45, 7) is 13.1. The molecular formula is C22H31O3P. The summed E-state index contributed by atoms with van der Waals surface area (Å²) in [4.78, 5) is 0. The number of ether oxygens (including phenoxy) is 2. The third kappa shape index (κ3) is 5.07. The minimum atomic E-state index is -2.90. The Morgan fingerprint density at radius 1 is 0.731 bits per heavy atom. The van der Waals surface area contributed by atoms with Crippen LogP contribution in [-0.4, -0.2) is 25.7 Å². The summed E-state index contributed by atoms with van der Waals surface area (Å²) in [5.41, 5.74) is 4.48. The van der Waals surface area contributed by atoms with Gasteiger partial charge in [-0.15, -0.1) is 0 Å². The fourth-order valence-corrected chi connectivity index (χ4v) is 6.41. The van der Waals surface area contributed by atoms with Gasteiger partial charge >= 0.3 is 0 Å². The van der Waals surface area contributed by atoms with Crippen LogP contribution in [0.3, 0.4) is 0 Å². The zero-order valence-electron chi connectivity index (χ0n) is 16.8. The first kappa shape index (κ1) is 20.9. The molecule has 0 unspecified atom stereocenters. The molecule has 0 N–H and O–H groups in total. The van der Waals surface area contributed by atoms with Crippen LogP contribution in [0, 0.1) is 27.7 Å². The molecule has 0 atom stereocenters. The summed E-state index contributed by atoms with van der Waals surface area (Å²) in [5, 5.41) is 1.76. The van der Waals surface area contributed by atoms with E-state index < -0.39 is 13.4 Å². The van der Waals surface area contributed by atoms with Crippen molar-refractivity contribution in [2.45, 2.75) is 47.8 Å². The lowest BCUT2D eigenvalue weighted by molar-refractivity contribution is -0.120. The molecule has 26 heavy (non-hydrogen) atoms. The molecule has 2 aromatic carbocycles. The maximum absolute atomic E-state index is 14.4. The van der Waals surface area contributed by atoms with E-state index >= 15 is 0 Å². The summed E-state index contributed by atoms with van der Waals surface area (Å²) in [6.07, 6.45) is -0.127. The molecule has 2 aromatic rings. The van der Waals surface area contributed by atoms with Crippen LogP contribution >= 0.6 is 7.14 Å². The van der Waals surface area contributed by atoms with Crippen LogP contribution in [0.1, 0.15) is 36.1 Å². The third-order valence-electron chi connectivity index (χ3n) is 4.36. The highest BCUT2D eigenvalue weighted by Gasteiger charge is 2.32. The van der Waals surface area contributed by atoms with Crippen molar-refractivity contribution in [3.8, 4) is 0 Å². The van der Waals surface area contributed by atoms with E-state index in [1.165, 1.54) is 0 Å². The van der Waals surface area contributed by atoms with Crippen LogP contribution in [0.2, 0.25) is 0 Å². The molecule has 4 heteroatoms. The smallest absolute Gasteiger partial charge is 0.164 e. The standard InChI is InChI=1S/C22H31O3P/c1-7-24-22(25-8-2)15-26(23,20-11-16(3)9-17(4)12-20)21-13-18(5)10-19(6)14-21/h9-14,22H,7-8,15H2,1-6H3. The minimum Gasteiger partial charge on any atom is -0.352 e. The predicted molar refractivity (Wildman–Crippen MR) is 111 cm³/mol. The van der Waals surface area contributed by atoms with Crippen molar-refractivity contribution in [3.63, 3.8) is 0 Å². The van der Waals surface area contributed by atoms with Gasteiger partial charge in [-0.05, 0) is 65.8 Å². The topological polar surface area (TPSA) is 35.5 Å². The number of aryl methyl sites for hydroxylation is 4. The molecule has 0 heterocycles. The van der Waals surface area contributed by atoms with Crippen molar-refractivity contribution in [2.75, 3.05) is 19.4 Å². The van der Waals surface area contributed by atoms with E-state index in [1.807, 2.05) is 65.8 Å². The molecule has 0 bridgehead atoms. The number of benzene rings is 2. The lowest BCUT2D eigenvalue weighted by Crippen LogP contribution is -2.29. The zero-order chi connectivity index (χ0) is 19.3. The Kier molecular flexibility index (Phi) is 7.23. The van der Waals surface area contributed by atoms with Crippen LogP contribution < -0.4 is 10.6 Å². The first-order valence-corrected chi connectivity index (χ1v) is 11.2. The van der Waals surface area contributed by atoms with Crippen molar-refractivity contribution < 1.29 is 14.0 Å². The van der Waals surface area contributed by atoms with Gasteiger partial charge in [0.05, 0.1) is 6.16 Å². The van der Waals surface area contributed by atoms with Crippen molar-refractivity contribution in [1.82, 2.24) is 0 Å². The fourth-order valence-electron chi connectivity index (χ4n) is 3.41. The average molecular weight is 374 g/mol. The van der Waals surface area contributed by atoms with E-state index in [4.69, 9.17) is 9.47 Å². The predicted octanol–water partition coefficient (Wildman–Crippen LogP) is 4.63. The van der Waals surface area contributed by atoms with Gasteiger partial charge in [-0.2, -0.15) is 0 Å². The Morgan fingerprint density at radius 2 is 1.08 bits per heavy atom. The van der Waals surface area contributed by atoms with E-state index in [1.54, 1.807) is 0 Å². The minimum absolute atomic E-state index is 0.348. The van der Waals surface area contributed by atoms with Gasteiger partial charge in [0.1, 0.15) is 7.14 Å². The molecule has 0 aliphatic carbocycles. The monoisotopic (exact) mass is 374 g/mol. The second-order valence-corrected chi connectivity index (χ2v) is 9.83. The fraction of sp³-hybridized carbons (Fsp3) is 0.455. The number of hydrogen-bond acceptors (Lipinski definition) is 3. The second kappa shape index (κ2) is 8.99. The normalized spacial score (nSPS) is 12.0. The summed E-state index contributed by atoms with van der Waals surface area (Å²) >= 11 is 0. The quantitative estimate of drug-likeness (QED) is 0.499. The van der Waals surface area contributed by atoms with Gasteiger partial charge in [0, 0.05) is 23.8 Å². The van der Waals surface area contributed by atoms with Gasteiger partial charge < -0.3 is 14.0 Å². The molecule has 0 aliphatic heterocycles. The zero-order valence-corrected chi connectivity index (χ0v) is 17.7. The largest absolute Gasteiger partial charge is 0.352 e. The van der Waals surface area contributed by atoms with Crippen LogP contribution in [0.25, 0.3) is 0 Å². The molecule has 0 spiro atoms. The van der Waals surface area contributed by atoms with Crippen LogP contribution in [0.5, 0.6) is 0 Å². The molecule has 3 nitrogen and oxygen atoms in total. The highest BCUT2D eigenvalue weighted by Crippen LogP contribution is 2.45. The van der Waals surface area contributed by atoms with Gasteiger partial charge in [0.25, 0.3) is 0 Å². The van der Waals surface area contributed by atoms with Crippen molar-refractivity contribution in [3.05, 3.63) is 58.7 Å². The van der Waals surface area contributed by atoms with E-state index in [9.17, 15) is 4.57 Å². The first-order valence-electron chi connectivity index (χ1n) is 9.28. The summed E-state index contributed by atoms with van der Waals surface area (Å²) in [7, 11) is -2.90. The molecule has 142 valence electrons. The van der Waals surface area contributed by atoms with Crippen molar-refractivity contribution in [2.24, 2.45) is 0 Å². The van der Waals surface area contributed by atoms with E-state index in [0.29, 0.717) is 19.4 Å². The number of hydrogen-bond donors (Lipinski definition) is 0. The summed E-state index contributed by atoms with van der Waals surface area (Å²) in [6, 6.07) is 12.4. The maximum atomic E-state index is 14.4. The summed E-state index contributed by atoms with van der Waals surface area (Å²) in [5.74, 6) is 0. The highest BCUT2D eigenvalue weighted by molar-refractivity contribution is 7.78. The lowest BCUT2D eigenvalue weighted by atomic mass is 10.2. The van der Waals surface area contributed by atoms with Crippen LogP contribution in [0.4, 0.5) is 0 Å². The van der Waals surface area contributed by atoms with Gasteiger partial charge in [-0.25, -0.2) is 0 Å². The lowest BCUT2D eigenvalue weighted by Gasteiger charge is -2.26. The highest BCUT2D eigenvalue weighted by atomic mass is 31.2. The van der Waals surface area contributed by atoms with Gasteiger partial charge in [-0.1, -0.05) is 34.4 Å². The molecule has 0 saturated carbocycles. The molecule has 0 fully saturated rings. The molecule has 0 amide bonds. The molecule has 0 aliphatic rings. The average Bonchev–Trinajstić information content (AvgIpc) is 2.53. The Labute approximate surface area is 158 Å². The molecule has 0 saturated heterocycles. The van der Waals surface area contributed by atoms with Crippen molar-refractivity contribution >= 4 is 17.8 Å². The number of rotatable bonds is 8. The molecule has 0 aromatic heterocycles. The van der Waals surface area contributed by atoms with Crippen molar-refractivity contribution in [1.29, 1.82) is 0 Å². The third-order valence-corrected chi connectivity index (χ3v) is 7.36. The first-order chi connectivity index (χ1) is 12.3. The van der Waals surface area contributed by atoms with Crippen LogP contribution in [0.15, 0.2) is 36.4 Å². The summed E-state index contributed by atoms with van der Waals surface area (Å²) < 4.78 is 25.9. The van der Waals surface area contributed by atoms with Gasteiger partial charge in [0.2, 0.25) is 0 Å². The SMILES string of the molecule is CCOC(CP(=O)(c1cc(C)cc(C)c1)c1cc(C)cc(C)c1)OCC. The van der Waals surface area contributed by atoms with Gasteiger partial charge in [0.15, 0.2) is 6.29 Å². The maximum Gasteiger partial charge on any atom is 0.164 e. The second-order valence-electron chi connectivity index (χ2n) is 6.95. The van der Waals surface area contributed by atoms with Gasteiger partial charge in [-0.3, -0.25) is 0 Å². The van der Waals surface area contributed by atoms with E-state index in [0.717, 1.165) is 32.9 Å². The Morgan fingerprint density at radius 3 is 1.38 bits per heavy atom. The van der Waals surface area contributed by atoms with E-state index in [-0.39, 0.29) is 0 Å². The van der Waals surface area contributed by atoms with E-state index in [2.05, 4.69) is 12.1 Å². The molecular weight excluding hydrogens is 343 g/mol. The molecule has 0 radical (unpaired) electrons. The Hall–Kier alpha value is -1.41. The Bertz CT molecular complexity index is 696. The molecule has 2 rings (SSSR count). The Balaban J connectivity index is 2.61. The van der Waals surface area contributed by atoms with Crippen LogP contribution in [-0.2, 0) is 14.0 Å².